The summed E-state index contributed by atoms with van der Waals surface area (Å²) < 4.78 is 13.2. The fraction of sp³-hybridized carbons (Fsp3) is 0.160. The zero-order chi connectivity index (χ0) is 24.8. The Bertz CT molecular complexity index is 1280. The van der Waals surface area contributed by atoms with Crippen LogP contribution in [0.2, 0.25) is 0 Å². The molecular formula is C25H21Br3N2O4. The van der Waals surface area contributed by atoms with Crippen LogP contribution < -0.4 is 14.9 Å². The second-order valence-electron chi connectivity index (χ2n) is 7.41. The molecule has 3 rings (SSSR count). The fourth-order valence-electron chi connectivity index (χ4n) is 3.05. The van der Waals surface area contributed by atoms with E-state index in [0.717, 1.165) is 21.2 Å². The van der Waals surface area contributed by atoms with Crippen molar-refractivity contribution in [1.82, 2.24) is 5.43 Å². The molecule has 0 saturated carbocycles. The number of esters is 1. The summed E-state index contributed by atoms with van der Waals surface area (Å²) in [7, 11) is 0. The van der Waals surface area contributed by atoms with Crippen LogP contribution in [0.3, 0.4) is 0 Å². The number of aryl methyl sites for hydroxylation is 2. The molecule has 3 aromatic carbocycles. The van der Waals surface area contributed by atoms with Crippen LogP contribution >= 0.6 is 47.8 Å². The normalized spacial score (nSPS) is 10.9. The van der Waals surface area contributed by atoms with Crippen LogP contribution in [0.5, 0.6) is 11.5 Å². The van der Waals surface area contributed by atoms with Gasteiger partial charge in [-0.25, -0.2) is 10.2 Å². The number of carbonyl (C=O) groups is 2. The molecule has 176 valence electrons. The molecule has 0 unspecified atom stereocenters. The molecule has 34 heavy (non-hydrogen) atoms. The lowest BCUT2D eigenvalue weighted by Crippen LogP contribution is -2.25. The van der Waals surface area contributed by atoms with E-state index in [-0.39, 0.29) is 12.4 Å². The highest BCUT2D eigenvalue weighted by Gasteiger charge is 2.17. The Kier molecular flexibility index (Phi) is 9.04. The molecule has 3 aromatic rings. The minimum absolute atomic E-state index is 0.186. The molecular weight excluding hydrogens is 632 g/mol. The van der Waals surface area contributed by atoms with Crippen LogP contribution in [0.25, 0.3) is 0 Å². The molecule has 0 aliphatic heterocycles. The summed E-state index contributed by atoms with van der Waals surface area (Å²) in [6.45, 7) is 5.69. The monoisotopic (exact) mass is 650 g/mol. The lowest BCUT2D eigenvalue weighted by atomic mass is 10.1. The molecule has 1 N–H and O–H groups in total. The van der Waals surface area contributed by atoms with Gasteiger partial charge in [-0.3, -0.25) is 4.79 Å². The first-order valence-electron chi connectivity index (χ1n) is 10.1. The molecule has 9 heteroatoms. The van der Waals surface area contributed by atoms with E-state index in [1.165, 1.54) is 6.21 Å². The molecule has 0 aliphatic rings. The largest absolute Gasteiger partial charge is 0.483 e. The average Bonchev–Trinajstić information content (AvgIpc) is 2.78. The molecule has 0 spiro atoms. The zero-order valence-electron chi connectivity index (χ0n) is 18.6. The molecule has 0 atom stereocenters. The van der Waals surface area contributed by atoms with E-state index in [4.69, 9.17) is 9.47 Å². The number of carbonyl (C=O) groups excluding carboxylic acids is 2. The second kappa shape index (κ2) is 11.8. The van der Waals surface area contributed by atoms with Crippen molar-refractivity contribution in [2.24, 2.45) is 5.10 Å². The average molecular weight is 653 g/mol. The van der Waals surface area contributed by atoms with E-state index in [1.807, 2.05) is 39.0 Å². The Hall–Kier alpha value is -2.49. The molecule has 1 amide bonds. The summed E-state index contributed by atoms with van der Waals surface area (Å²) in [6.07, 6.45) is 1.40. The standard InChI is InChI=1S/C25H21Br3N2O4/c1-14-8-9-15(2)23(16(14)3)33-13-22(31)30-29-12-17-10-18(26)11-21(28)24(17)34-25(32)19-6-4-5-7-20(19)27/h4-12H,13H2,1-3H3,(H,30,31)/b29-12-. The Morgan fingerprint density at radius 3 is 2.38 bits per heavy atom. The third-order valence-corrected chi connectivity index (χ3v) is 6.68. The highest BCUT2D eigenvalue weighted by atomic mass is 79.9. The molecule has 0 fully saturated rings. The molecule has 0 heterocycles. The lowest BCUT2D eigenvalue weighted by molar-refractivity contribution is -0.123. The number of halogens is 3. The van der Waals surface area contributed by atoms with Gasteiger partial charge in [0.1, 0.15) is 5.75 Å². The highest BCUT2D eigenvalue weighted by molar-refractivity contribution is 9.11. The molecule has 0 aromatic heterocycles. The van der Waals surface area contributed by atoms with Gasteiger partial charge in [0.15, 0.2) is 12.4 Å². The number of nitrogens with zero attached hydrogens (tertiary/aromatic N) is 1. The van der Waals surface area contributed by atoms with E-state index in [1.54, 1.807) is 30.3 Å². The molecule has 0 radical (unpaired) electrons. The van der Waals surface area contributed by atoms with Gasteiger partial charge in [-0.2, -0.15) is 5.10 Å². The Morgan fingerprint density at radius 2 is 1.65 bits per heavy atom. The maximum atomic E-state index is 12.7. The summed E-state index contributed by atoms with van der Waals surface area (Å²) >= 11 is 10.2. The van der Waals surface area contributed by atoms with Gasteiger partial charge in [0.25, 0.3) is 5.91 Å². The van der Waals surface area contributed by atoms with Gasteiger partial charge in [0.2, 0.25) is 0 Å². The van der Waals surface area contributed by atoms with Crippen molar-refractivity contribution in [3.63, 3.8) is 0 Å². The van der Waals surface area contributed by atoms with Crippen LogP contribution in [0.1, 0.15) is 32.6 Å². The van der Waals surface area contributed by atoms with Gasteiger partial charge < -0.3 is 9.47 Å². The van der Waals surface area contributed by atoms with Crippen LogP contribution in [0.15, 0.2) is 67.1 Å². The Labute approximate surface area is 223 Å². The third kappa shape index (κ3) is 6.55. The predicted molar refractivity (Wildman–Crippen MR) is 143 cm³/mol. The van der Waals surface area contributed by atoms with Gasteiger partial charge in [-0.15, -0.1) is 0 Å². The van der Waals surface area contributed by atoms with Crippen molar-refractivity contribution >= 4 is 65.9 Å². The molecule has 0 aliphatic carbocycles. The van der Waals surface area contributed by atoms with E-state index >= 15 is 0 Å². The van der Waals surface area contributed by atoms with Gasteiger partial charge >= 0.3 is 5.97 Å². The van der Waals surface area contributed by atoms with Crippen molar-refractivity contribution in [2.45, 2.75) is 20.8 Å². The number of amides is 1. The number of hydrogen-bond acceptors (Lipinski definition) is 5. The molecule has 0 saturated heterocycles. The maximum Gasteiger partial charge on any atom is 0.344 e. The first kappa shape index (κ1) is 26.1. The second-order valence-corrected chi connectivity index (χ2v) is 10.0. The quantitative estimate of drug-likeness (QED) is 0.134. The number of hydrogen-bond donors (Lipinski definition) is 1. The first-order valence-corrected chi connectivity index (χ1v) is 12.5. The van der Waals surface area contributed by atoms with Crippen LogP contribution in [-0.4, -0.2) is 24.7 Å². The van der Waals surface area contributed by atoms with Crippen LogP contribution in [0.4, 0.5) is 0 Å². The van der Waals surface area contributed by atoms with Crippen molar-refractivity contribution in [2.75, 3.05) is 6.61 Å². The molecule has 0 bridgehead atoms. The summed E-state index contributed by atoms with van der Waals surface area (Å²) in [6, 6.07) is 14.4. The van der Waals surface area contributed by atoms with Crippen LogP contribution in [0, 0.1) is 20.8 Å². The van der Waals surface area contributed by atoms with Crippen molar-refractivity contribution < 1.29 is 19.1 Å². The summed E-state index contributed by atoms with van der Waals surface area (Å²) in [5, 5.41) is 4.01. The zero-order valence-corrected chi connectivity index (χ0v) is 23.4. The first-order chi connectivity index (χ1) is 16.2. The summed E-state index contributed by atoms with van der Waals surface area (Å²) in [5.74, 6) is 0.00407. The molecule has 6 nitrogen and oxygen atoms in total. The summed E-state index contributed by atoms with van der Waals surface area (Å²) in [4.78, 5) is 25.0. The highest BCUT2D eigenvalue weighted by Crippen LogP contribution is 2.33. The van der Waals surface area contributed by atoms with Crippen molar-refractivity contribution in [3.8, 4) is 11.5 Å². The van der Waals surface area contributed by atoms with Crippen molar-refractivity contribution in [3.05, 3.63) is 89.8 Å². The Balaban J connectivity index is 1.71. The van der Waals surface area contributed by atoms with E-state index in [2.05, 4.69) is 58.3 Å². The number of nitrogens with one attached hydrogen (secondary N) is 1. The Morgan fingerprint density at radius 1 is 0.941 bits per heavy atom. The van der Waals surface area contributed by atoms with Crippen molar-refractivity contribution in [1.29, 1.82) is 0 Å². The van der Waals surface area contributed by atoms with Gasteiger partial charge in [-0.05, 0) is 93.6 Å². The van der Waals surface area contributed by atoms with E-state index < -0.39 is 11.9 Å². The minimum Gasteiger partial charge on any atom is -0.483 e. The third-order valence-electron chi connectivity index (χ3n) is 4.94. The summed E-state index contributed by atoms with van der Waals surface area (Å²) in [5.41, 5.74) is 6.34. The SMILES string of the molecule is Cc1ccc(C)c(OCC(=O)N/N=C\c2cc(Br)cc(Br)c2OC(=O)c2ccccc2Br)c1C. The predicted octanol–water partition coefficient (Wildman–Crippen LogP) is 6.65. The van der Waals surface area contributed by atoms with Gasteiger partial charge in [0.05, 0.1) is 16.3 Å². The number of rotatable bonds is 7. The fourth-order valence-corrected chi connectivity index (χ4v) is 4.84. The van der Waals surface area contributed by atoms with Gasteiger partial charge in [-0.1, -0.05) is 40.2 Å². The lowest BCUT2D eigenvalue weighted by Gasteiger charge is -2.13. The van der Waals surface area contributed by atoms with E-state index in [9.17, 15) is 9.59 Å². The van der Waals surface area contributed by atoms with Gasteiger partial charge in [0, 0.05) is 14.5 Å². The number of hydrazone groups is 1. The number of benzene rings is 3. The minimum atomic E-state index is -0.536. The topological polar surface area (TPSA) is 77.0 Å². The maximum absolute atomic E-state index is 12.7. The number of ether oxygens (including phenoxy) is 2. The smallest absolute Gasteiger partial charge is 0.344 e. The van der Waals surface area contributed by atoms with E-state index in [0.29, 0.717) is 25.8 Å². The van der Waals surface area contributed by atoms with Crippen LogP contribution in [-0.2, 0) is 4.79 Å².